The van der Waals surface area contributed by atoms with Crippen molar-refractivity contribution >= 4 is 22.7 Å². The molecule has 0 N–H and O–H groups in total. The molecule has 35 heavy (non-hydrogen) atoms. The van der Waals surface area contributed by atoms with E-state index in [2.05, 4.69) is 25.8 Å². The monoisotopic (exact) mass is 488 g/mol. The van der Waals surface area contributed by atoms with Gasteiger partial charge in [-0.3, -0.25) is 13.9 Å². The summed E-state index contributed by atoms with van der Waals surface area (Å²) < 4.78 is 14.7. The van der Waals surface area contributed by atoms with Gasteiger partial charge in [0, 0.05) is 12.2 Å². The summed E-state index contributed by atoms with van der Waals surface area (Å²) >= 11 is 1.44. The quantitative estimate of drug-likeness (QED) is 0.346. The molecule has 178 valence electrons. The Morgan fingerprint density at radius 1 is 1.17 bits per heavy atom. The van der Waals surface area contributed by atoms with Crippen LogP contribution in [0, 0.1) is 11.3 Å². The number of hydrogen-bond acceptors (Lipinski definition) is 8. The number of ether oxygens (including phenoxy) is 2. The molecule has 10 heteroatoms. The number of thioether (sulfide) groups is 1. The van der Waals surface area contributed by atoms with E-state index < -0.39 is 0 Å². The van der Waals surface area contributed by atoms with Crippen molar-refractivity contribution < 1.29 is 9.47 Å². The summed E-state index contributed by atoms with van der Waals surface area (Å²) in [5.41, 5.74) is 1.32. The van der Waals surface area contributed by atoms with Gasteiger partial charge in [0.15, 0.2) is 11.0 Å². The van der Waals surface area contributed by atoms with E-state index in [0.29, 0.717) is 34.2 Å². The number of methoxy groups -OCH3 is 1. The predicted molar refractivity (Wildman–Crippen MR) is 132 cm³/mol. The maximum Gasteiger partial charge on any atom is 0.262 e. The van der Waals surface area contributed by atoms with E-state index in [0.717, 1.165) is 36.6 Å². The maximum atomic E-state index is 13.0. The summed E-state index contributed by atoms with van der Waals surface area (Å²) in [7, 11) is 1.64. The third kappa shape index (κ3) is 4.78. The molecule has 0 bridgehead atoms. The number of nitrogens with zero attached hydrogens (tertiary/aromatic N) is 6. The SMILES string of the molecule is COc1ccc(-c2nnc(SCc3nc4ccccc4c(=O)n3CC#N)n2C[C@@H]2CCCO2)cc1. The topological polar surface area (TPSA) is 108 Å². The molecule has 5 rings (SSSR count). The molecule has 9 nitrogen and oxygen atoms in total. The van der Waals surface area contributed by atoms with Gasteiger partial charge in [0.2, 0.25) is 0 Å². The summed E-state index contributed by atoms with van der Waals surface area (Å²) in [4.78, 5) is 17.7. The molecule has 4 aromatic rings. The van der Waals surface area contributed by atoms with E-state index in [1.807, 2.05) is 36.4 Å². The zero-order valence-corrected chi connectivity index (χ0v) is 20.1. The lowest BCUT2D eigenvalue weighted by Crippen LogP contribution is -2.24. The van der Waals surface area contributed by atoms with E-state index in [1.54, 1.807) is 19.2 Å². The molecule has 2 aromatic heterocycles. The molecule has 3 heterocycles. The van der Waals surface area contributed by atoms with Crippen LogP contribution in [0.3, 0.4) is 0 Å². The summed E-state index contributed by atoms with van der Waals surface area (Å²) in [5.74, 6) is 2.41. The largest absolute Gasteiger partial charge is 0.497 e. The van der Waals surface area contributed by atoms with Gasteiger partial charge in [-0.25, -0.2) is 4.98 Å². The van der Waals surface area contributed by atoms with Crippen molar-refractivity contribution in [1.29, 1.82) is 5.26 Å². The Balaban J connectivity index is 1.49. The van der Waals surface area contributed by atoms with Crippen LogP contribution < -0.4 is 10.3 Å². The van der Waals surface area contributed by atoms with Gasteiger partial charge in [0.1, 0.15) is 18.1 Å². The van der Waals surface area contributed by atoms with Crippen molar-refractivity contribution in [3.8, 4) is 23.2 Å². The molecule has 2 aromatic carbocycles. The molecule has 0 aliphatic carbocycles. The molecule has 1 fully saturated rings. The van der Waals surface area contributed by atoms with Crippen LogP contribution in [0.1, 0.15) is 18.7 Å². The van der Waals surface area contributed by atoms with Crippen LogP contribution in [-0.2, 0) is 23.6 Å². The first kappa shape index (κ1) is 23.1. The summed E-state index contributed by atoms with van der Waals surface area (Å²) in [6, 6.07) is 17.0. The molecule has 1 aliphatic rings. The standard InChI is InChI=1S/C25H24N6O3S/c1-33-18-10-8-17(9-11-18)23-28-29-25(31(23)15-19-5-4-14-34-19)35-16-22-27-21-7-3-2-6-20(21)24(32)30(22)13-12-26/h2-3,6-11,19H,4-5,13-16H2,1H3/t19-/m0/s1. The highest BCUT2D eigenvalue weighted by Gasteiger charge is 2.22. The van der Waals surface area contributed by atoms with Crippen molar-refractivity contribution in [2.75, 3.05) is 13.7 Å². The van der Waals surface area contributed by atoms with Crippen LogP contribution in [0.5, 0.6) is 5.75 Å². The van der Waals surface area contributed by atoms with Crippen molar-refractivity contribution in [3.05, 3.63) is 64.7 Å². The smallest absolute Gasteiger partial charge is 0.262 e. The number of hydrogen-bond donors (Lipinski definition) is 0. The lowest BCUT2D eigenvalue weighted by Gasteiger charge is -2.15. The first-order chi connectivity index (χ1) is 17.2. The average Bonchev–Trinajstić information content (AvgIpc) is 3.55. The Morgan fingerprint density at radius 3 is 2.74 bits per heavy atom. The van der Waals surface area contributed by atoms with Crippen LogP contribution in [0.15, 0.2) is 58.5 Å². The van der Waals surface area contributed by atoms with Gasteiger partial charge >= 0.3 is 0 Å². The summed E-state index contributed by atoms with van der Waals surface area (Å²) in [6.45, 7) is 1.33. The second-order valence-corrected chi connectivity index (χ2v) is 9.11. The highest BCUT2D eigenvalue weighted by Crippen LogP contribution is 2.29. The second-order valence-electron chi connectivity index (χ2n) is 8.16. The normalized spacial score (nSPS) is 15.4. The number of nitriles is 1. The van der Waals surface area contributed by atoms with Gasteiger partial charge in [0.25, 0.3) is 5.56 Å². The van der Waals surface area contributed by atoms with E-state index in [1.165, 1.54) is 16.3 Å². The van der Waals surface area contributed by atoms with E-state index in [9.17, 15) is 10.1 Å². The van der Waals surface area contributed by atoms with E-state index in [-0.39, 0.29) is 18.2 Å². The van der Waals surface area contributed by atoms with Gasteiger partial charge in [-0.1, -0.05) is 23.9 Å². The van der Waals surface area contributed by atoms with Gasteiger partial charge < -0.3 is 9.47 Å². The summed E-state index contributed by atoms with van der Waals surface area (Å²) in [6.07, 6.45) is 2.12. The van der Waals surface area contributed by atoms with E-state index in [4.69, 9.17) is 9.47 Å². The van der Waals surface area contributed by atoms with Gasteiger partial charge in [0.05, 0.1) is 42.5 Å². The van der Waals surface area contributed by atoms with Gasteiger partial charge in [-0.15, -0.1) is 10.2 Å². The molecule has 1 saturated heterocycles. The Hall–Kier alpha value is -3.68. The van der Waals surface area contributed by atoms with Crippen LogP contribution in [0.25, 0.3) is 22.3 Å². The van der Waals surface area contributed by atoms with Crippen molar-refractivity contribution in [1.82, 2.24) is 24.3 Å². The molecule has 0 spiro atoms. The van der Waals surface area contributed by atoms with Crippen LogP contribution in [0.4, 0.5) is 0 Å². The molecular weight excluding hydrogens is 464 g/mol. The Kier molecular flexibility index (Phi) is 6.79. The zero-order valence-electron chi connectivity index (χ0n) is 19.3. The Labute approximate surface area is 206 Å². The van der Waals surface area contributed by atoms with Crippen LogP contribution in [-0.4, -0.2) is 44.1 Å². The highest BCUT2D eigenvalue weighted by atomic mass is 32.2. The predicted octanol–water partition coefficient (Wildman–Crippen LogP) is 3.66. The minimum Gasteiger partial charge on any atom is -0.497 e. The van der Waals surface area contributed by atoms with Gasteiger partial charge in [-0.2, -0.15) is 5.26 Å². The molecule has 0 saturated carbocycles. The third-order valence-electron chi connectivity index (χ3n) is 5.98. The van der Waals surface area contributed by atoms with E-state index >= 15 is 0 Å². The first-order valence-electron chi connectivity index (χ1n) is 11.4. The number of fused-ring (bicyclic) bond motifs is 1. The average molecular weight is 489 g/mol. The zero-order chi connectivity index (χ0) is 24.2. The molecule has 1 atom stereocenters. The number of benzene rings is 2. The lowest BCUT2D eigenvalue weighted by atomic mass is 10.2. The molecule has 0 radical (unpaired) electrons. The molecular formula is C25H24N6O3S. The summed E-state index contributed by atoms with van der Waals surface area (Å²) in [5, 5.41) is 19.4. The Bertz CT molecular complexity index is 1430. The third-order valence-corrected chi connectivity index (χ3v) is 6.94. The van der Waals surface area contributed by atoms with Crippen molar-refractivity contribution in [2.24, 2.45) is 0 Å². The fraction of sp³-hybridized carbons (Fsp3) is 0.320. The first-order valence-corrected chi connectivity index (χ1v) is 12.3. The Morgan fingerprint density at radius 2 is 2.00 bits per heavy atom. The maximum absolute atomic E-state index is 13.0. The van der Waals surface area contributed by atoms with Crippen molar-refractivity contribution in [3.63, 3.8) is 0 Å². The second kappa shape index (κ2) is 10.3. The van der Waals surface area contributed by atoms with Crippen LogP contribution in [0.2, 0.25) is 0 Å². The minimum atomic E-state index is -0.215. The fourth-order valence-electron chi connectivity index (χ4n) is 4.19. The molecule has 0 amide bonds. The minimum absolute atomic E-state index is 0.0632. The number of para-hydroxylation sites is 1. The number of rotatable bonds is 8. The highest BCUT2D eigenvalue weighted by molar-refractivity contribution is 7.98. The molecule has 0 unspecified atom stereocenters. The fourth-order valence-corrected chi connectivity index (χ4v) is 5.09. The number of aromatic nitrogens is 5. The van der Waals surface area contributed by atoms with Crippen molar-refractivity contribution in [2.45, 2.75) is 42.9 Å². The molecule has 1 aliphatic heterocycles. The van der Waals surface area contributed by atoms with Gasteiger partial charge in [-0.05, 0) is 49.2 Å². The van der Waals surface area contributed by atoms with Crippen LogP contribution >= 0.6 is 11.8 Å². The lowest BCUT2D eigenvalue weighted by molar-refractivity contribution is 0.0953.